The zero-order valence-electron chi connectivity index (χ0n) is 7.20. The van der Waals surface area contributed by atoms with Crippen LogP contribution in [0.2, 0.25) is 0 Å². The molecule has 0 aliphatic rings. The topological polar surface area (TPSA) is 35.9 Å². The quantitative estimate of drug-likeness (QED) is 0.563. The molecule has 0 spiro atoms. The monoisotopic (exact) mass is 142 g/mol. The largest absolute Gasteiger partial charge is 0.320 e. The van der Waals surface area contributed by atoms with Gasteiger partial charge in [-0.25, -0.2) is 0 Å². The second kappa shape index (κ2) is 5.42. The van der Waals surface area contributed by atoms with E-state index in [2.05, 4.69) is 12.2 Å². The highest BCUT2D eigenvalue weighted by molar-refractivity contribution is 5.81. The lowest BCUT2D eigenvalue weighted by atomic mass is 9.98. The van der Waals surface area contributed by atoms with Gasteiger partial charge in [-0.3, -0.25) is 0 Å². The minimum absolute atomic E-state index is 0.493. The van der Waals surface area contributed by atoms with Crippen LogP contribution in [-0.4, -0.2) is 19.3 Å². The van der Waals surface area contributed by atoms with Crippen molar-refractivity contribution in [1.82, 2.24) is 5.32 Å². The molecule has 2 heteroatoms. The molecule has 10 heavy (non-hydrogen) atoms. The third kappa shape index (κ3) is 3.62. The van der Waals surface area contributed by atoms with Crippen molar-refractivity contribution in [3.63, 3.8) is 0 Å². The average molecular weight is 142 g/mol. The molecule has 0 aromatic heterocycles. The highest BCUT2D eigenvalue weighted by atomic mass is 14.8. The van der Waals surface area contributed by atoms with E-state index < -0.39 is 0 Å². The summed E-state index contributed by atoms with van der Waals surface area (Å²) in [6.45, 7) is 5.05. The number of hydrogen-bond donors (Lipinski definition) is 2. The molecule has 2 nitrogen and oxygen atoms in total. The smallest absolute Gasteiger partial charge is 0.00894 e. The fraction of sp³-hybridized carbons (Fsp3) is 0.875. The maximum atomic E-state index is 7.40. The van der Waals surface area contributed by atoms with Crippen molar-refractivity contribution < 1.29 is 0 Å². The first-order valence-electron chi connectivity index (χ1n) is 3.92. The van der Waals surface area contributed by atoms with Crippen LogP contribution in [0.5, 0.6) is 0 Å². The first kappa shape index (κ1) is 9.63. The van der Waals surface area contributed by atoms with Gasteiger partial charge in [-0.15, -0.1) is 0 Å². The Hall–Kier alpha value is -0.370. The maximum absolute atomic E-state index is 7.40. The predicted octanol–water partition coefficient (Wildman–Crippen LogP) is 1.66. The molecule has 0 aliphatic carbocycles. The molecule has 0 radical (unpaired) electrons. The Bertz CT molecular complexity index is 99.4. The lowest BCUT2D eigenvalue weighted by Gasteiger charge is -2.11. The van der Waals surface area contributed by atoms with Crippen LogP contribution in [-0.2, 0) is 0 Å². The SMILES string of the molecule is CCC(CCNC)C(C)=N. The normalized spacial score (nSPS) is 13.1. The van der Waals surface area contributed by atoms with E-state index in [-0.39, 0.29) is 0 Å². The van der Waals surface area contributed by atoms with Crippen LogP contribution in [0, 0.1) is 11.3 Å². The van der Waals surface area contributed by atoms with Crippen molar-refractivity contribution in [3.8, 4) is 0 Å². The summed E-state index contributed by atoms with van der Waals surface area (Å²) in [6.07, 6.45) is 2.19. The third-order valence-electron chi connectivity index (χ3n) is 1.85. The van der Waals surface area contributed by atoms with Crippen LogP contribution >= 0.6 is 0 Å². The summed E-state index contributed by atoms with van der Waals surface area (Å²) in [5, 5.41) is 10.5. The number of rotatable bonds is 5. The van der Waals surface area contributed by atoms with E-state index in [1.807, 2.05) is 14.0 Å². The molecule has 2 N–H and O–H groups in total. The summed E-state index contributed by atoms with van der Waals surface area (Å²) < 4.78 is 0. The van der Waals surface area contributed by atoms with E-state index in [0.717, 1.165) is 25.1 Å². The molecule has 1 unspecified atom stereocenters. The second-order valence-electron chi connectivity index (χ2n) is 2.68. The number of hydrogen-bond acceptors (Lipinski definition) is 2. The van der Waals surface area contributed by atoms with Crippen molar-refractivity contribution in [1.29, 1.82) is 5.41 Å². The van der Waals surface area contributed by atoms with Gasteiger partial charge in [-0.05, 0) is 39.3 Å². The zero-order chi connectivity index (χ0) is 7.98. The molecule has 1 atom stereocenters. The molecule has 0 aliphatic heterocycles. The van der Waals surface area contributed by atoms with E-state index in [4.69, 9.17) is 5.41 Å². The lowest BCUT2D eigenvalue weighted by Crippen LogP contribution is -2.17. The Labute approximate surface area is 63.5 Å². The average Bonchev–Trinajstić information content (AvgIpc) is 1.89. The molecule has 0 heterocycles. The second-order valence-corrected chi connectivity index (χ2v) is 2.68. The first-order valence-corrected chi connectivity index (χ1v) is 3.92. The molecule has 0 aromatic rings. The van der Waals surface area contributed by atoms with Gasteiger partial charge in [0.25, 0.3) is 0 Å². The molecule has 0 rings (SSSR count). The molecule has 0 amide bonds. The van der Waals surface area contributed by atoms with Crippen LogP contribution in [0.15, 0.2) is 0 Å². The van der Waals surface area contributed by atoms with Gasteiger partial charge in [0.05, 0.1) is 0 Å². The number of nitrogens with one attached hydrogen (secondary N) is 2. The van der Waals surface area contributed by atoms with Gasteiger partial charge in [-0.2, -0.15) is 0 Å². The Morgan fingerprint density at radius 3 is 2.50 bits per heavy atom. The van der Waals surface area contributed by atoms with Crippen molar-refractivity contribution in [2.75, 3.05) is 13.6 Å². The minimum Gasteiger partial charge on any atom is -0.320 e. The van der Waals surface area contributed by atoms with Crippen LogP contribution in [0.4, 0.5) is 0 Å². The zero-order valence-corrected chi connectivity index (χ0v) is 7.20. The summed E-state index contributed by atoms with van der Waals surface area (Å²) >= 11 is 0. The highest BCUT2D eigenvalue weighted by Gasteiger charge is 2.06. The Balaban J connectivity index is 3.50. The molecule has 0 saturated heterocycles. The standard InChI is InChI=1S/C8H18N2/c1-4-8(7(2)9)5-6-10-3/h8-10H,4-6H2,1-3H3. The molecular weight excluding hydrogens is 124 g/mol. The third-order valence-corrected chi connectivity index (χ3v) is 1.85. The van der Waals surface area contributed by atoms with Crippen LogP contribution < -0.4 is 5.32 Å². The van der Waals surface area contributed by atoms with E-state index in [1.165, 1.54) is 0 Å². The molecule has 60 valence electrons. The Morgan fingerprint density at radius 2 is 2.20 bits per heavy atom. The van der Waals surface area contributed by atoms with Gasteiger partial charge in [0.2, 0.25) is 0 Å². The fourth-order valence-corrected chi connectivity index (χ4v) is 1.05. The summed E-state index contributed by atoms with van der Waals surface area (Å²) in [6, 6.07) is 0. The van der Waals surface area contributed by atoms with Gasteiger partial charge in [-0.1, -0.05) is 6.92 Å². The molecule has 0 bridgehead atoms. The molecule has 0 saturated carbocycles. The van der Waals surface area contributed by atoms with Crippen molar-refractivity contribution in [3.05, 3.63) is 0 Å². The Kier molecular flexibility index (Phi) is 5.22. The van der Waals surface area contributed by atoms with E-state index in [1.54, 1.807) is 0 Å². The van der Waals surface area contributed by atoms with E-state index in [9.17, 15) is 0 Å². The highest BCUT2D eigenvalue weighted by Crippen LogP contribution is 2.07. The van der Waals surface area contributed by atoms with Crippen LogP contribution in [0.25, 0.3) is 0 Å². The molecule has 0 aromatic carbocycles. The van der Waals surface area contributed by atoms with Gasteiger partial charge < -0.3 is 10.7 Å². The van der Waals surface area contributed by atoms with E-state index in [0.29, 0.717) is 5.92 Å². The minimum atomic E-state index is 0.493. The van der Waals surface area contributed by atoms with Crippen LogP contribution in [0.1, 0.15) is 26.7 Å². The van der Waals surface area contributed by atoms with Crippen molar-refractivity contribution in [2.45, 2.75) is 26.7 Å². The van der Waals surface area contributed by atoms with Gasteiger partial charge in [0.15, 0.2) is 0 Å². The van der Waals surface area contributed by atoms with Gasteiger partial charge in [0.1, 0.15) is 0 Å². The Morgan fingerprint density at radius 1 is 1.60 bits per heavy atom. The van der Waals surface area contributed by atoms with Crippen molar-refractivity contribution in [2.24, 2.45) is 5.92 Å². The first-order chi connectivity index (χ1) is 4.72. The van der Waals surface area contributed by atoms with Gasteiger partial charge in [0, 0.05) is 5.71 Å². The predicted molar refractivity (Wildman–Crippen MR) is 45.7 cm³/mol. The maximum Gasteiger partial charge on any atom is 0.00894 e. The summed E-state index contributed by atoms with van der Waals surface area (Å²) in [7, 11) is 1.95. The van der Waals surface area contributed by atoms with Crippen LogP contribution in [0.3, 0.4) is 0 Å². The fourth-order valence-electron chi connectivity index (χ4n) is 1.05. The lowest BCUT2D eigenvalue weighted by molar-refractivity contribution is 0.576. The molecule has 0 fully saturated rings. The van der Waals surface area contributed by atoms with Gasteiger partial charge >= 0.3 is 0 Å². The summed E-state index contributed by atoms with van der Waals surface area (Å²) in [4.78, 5) is 0. The van der Waals surface area contributed by atoms with E-state index >= 15 is 0 Å². The summed E-state index contributed by atoms with van der Waals surface area (Å²) in [5.74, 6) is 0.493. The molecular formula is C8H18N2. The van der Waals surface area contributed by atoms with Crippen molar-refractivity contribution >= 4 is 5.71 Å². The summed E-state index contributed by atoms with van der Waals surface area (Å²) in [5.41, 5.74) is 0.817.